The molecule has 0 saturated carbocycles. The van der Waals surface area contributed by atoms with E-state index in [9.17, 15) is 5.11 Å². The molecule has 3 aliphatic heterocycles. The van der Waals surface area contributed by atoms with Crippen LogP contribution in [0.15, 0.2) is 49.2 Å². The van der Waals surface area contributed by atoms with Crippen molar-refractivity contribution < 1.29 is 24.0 Å². The van der Waals surface area contributed by atoms with Crippen LogP contribution in [0.1, 0.15) is 24.5 Å². The van der Waals surface area contributed by atoms with Crippen molar-refractivity contribution in [3.8, 4) is 0 Å². The molecule has 0 spiro atoms. The van der Waals surface area contributed by atoms with Crippen molar-refractivity contribution in [1.29, 1.82) is 0 Å². The molecule has 2 bridgehead atoms. The van der Waals surface area contributed by atoms with Gasteiger partial charge >= 0.3 is 18.9 Å². The summed E-state index contributed by atoms with van der Waals surface area (Å²) >= 11 is 0. The van der Waals surface area contributed by atoms with Gasteiger partial charge in [-0.2, -0.15) is 0 Å². The van der Waals surface area contributed by atoms with Gasteiger partial charge in [0.05, 0.1) is 5.52 Å². The Kier molecular flexibility index (Phi) is 4.94. The number of nitrogens with zero attached hydrogens (tertiary/aromatic N) is 2. The smallest absolute Gasteiger partial charge is 0.847 e. The van der Waals surface area contributed by atoms with E-state index in [-0.39, 0.29) is 24.9 Å². The normalized spacial score (nSPS) is 30.7. The predicted molar refractivity (Wildman–Crippen MR) is 86.3 cm³/mol. The Morgan fingerprint density at radius 1 is 1.30 bits per heavy atom. The zero-order valence-electron chi connectivity index (χ0n) is 13.7. The minimum atomic E-state index is -0.693. The average molecular weight is 300 g/mol. The van der Waals surface area contributed by atoms with Crippen LogP contribution in [0.25, 0.3) is 10.9 Å². The van der Waals surface area contributed by atoms with Crippen molar-refractivity contribution in [2.75, 3.05) is 13.1 Å². The van der Waals surface area contributed by atoms with E-state index in [1.807, 2.05) is 30.3 Å². The SMILES string of the molecule is C=C[C@H]1CN2CC[C@H]1C[C@@H]2[C@@H]([O-])c1ccnc2ccccc12.[Li+]. The van der Waals surface area contributed by atoms with Crippen LogP contribution in [0.3, 0.4) is 0 Å². The fraction of sp³-hybridized carbons (Fsp3) is 0.421. The second kappa shape index (κ2) is 6.79. The van der Waals surface area contributed by atoms with Gasteiger partial charge < -0.3 is 10.0 Å². The maximum absolute atomic E-state index is 13.2. The second-order valence-corrected chi connectivity index (χ2v) is 6.58. The van der Waals surface area contributed by atoms with Gasteiger partial charge in [-0.15, -0.1) is 6.58 Å². The molecule has 23 heavy (non-hydrogen) atoms. The average Bonchev–Trinajstić information content (AvgIpc) is 2.60. The van der Waals surface area contributed by atoms with E-state index in [2.05, 4.69) is 22.5 Å². The molecule has 4 heterocycles. The van der Waals surface area contributed by atoms with Gasteiger partial charge in [0.2, 0.25) is 0 Å². The molecule has 3 saturated heterocycles. The number of benzene rings is 1. The molecular weight excluding hydrogens is 279 g/mol. The summed E-state index contributed by atoms with van der Waals surface area (Å²) < 4.78 is 0. The predicted octanol–water partition coefficient (Wildman–Crippen LogP) is -0.463. The third-order valence-corrected chi connectivity index (χ3v) is 5.49. The van der Waals surface area contributed by atoms with E-state index in [1.165, 1.54) is 6.42 Å². The third kappa shape index (κ3) is 2.88. The zero-order chi connectivity index (χ0) is 15.1. The minimum Gasteiger partial charge on any atom is -0.847 e. The molecule has 0 amide bonds. The van der Waals surface area contributed by atoms with E-state index in [4.69, 9.17) is 0 Å². The number of pyridine rings is 1. The summed E-state index contributed by atoms with van der Waals surface area (Å²) in [4.78, 5) is 6.77. The Hall–Kier alpha value is -1.11. The topological polar surface area (TPSA) is 39.2 Å². The molecular formula is C19H21LiN2O. The van der Waals surface area contributed by atoms with Crippen LogP contribution in [0.4, 0.5) is 0 Å². The maximum Gasteiger partial charge on any atom is 1.00 e. The van der Waals surface area contributed by atoms with Gasteiger partial charge in [-0.3, -0.25) is 4.98 Å². The van der Waals surface area contributed by atoms with Crippen LogP contribution in [0.5, 0.6) is 0 Å². The molecule has 3 nitrogen and oxygen atoms in total. The van der Waals surface area contributed by atoms with Gasteiger partial charge in [-0.05, 0) is 48.9 Å². The van der Waals surface area contributed by atoms with E-state index in [1.54, 1.807) is 6.20 Å². The first kappa shape index (κ1) is 16.7. The molecule has 1 aromatic heterocycles. The fourth-order valence-electron chi connectivity index (χ4n) is 4.27. The van der Waals surface area contributed by atoms with Crippen LogP contribution in [0, 0.1) is 11.8 Å². The fourth-order valence-corrected chi connectivity index (χ4v) is 4.27. The quantitative estimate of drug-likeness (QED) is 0.569. The molecule has 4 heteroatoms. The van der Waals surface area contributed by atoms with Crippen molar-refractivity contribution in [3.63, 3.8) is 0 Å². The minimum absolute atomic E-state index is 0. The largest absolute Gasteiger partial charge is 1.00 e. The van der Waals surface area contributed by atoms with Gasteiger partial charge in [0.15, 0.2) is 0 Å². The van der Waals surface area contributed by atoms with E-state index >= 15 is 0 Å². The molecule has 0 N–H and O–H groups in total. The standard InChI is InChI=1S/C19H21N2O.Li/c1-2-13-12-21-10-8-14(13)11-18(21)19(22)16-7-9-20-17-6-4-3-5-15(16)17;/h2-7,9,13-14,18-19H,1,8,10-12H2;/q-1;+1/t13-,14-,18+,19-;/m0./s1. The maximum atomic E-state index is 13.2. The molecule has 1 unspecified atom stereocenters. The summed E-state index contributed by atoms with van der Waals surface area (Å²) in [5.41, 5.74) is 1.82. The molecule has 5 rings (SSSR count). The number of fused-ring (bicyclic) bond motifs is 4. The molecule has 0 radical (unpaired) electrons. The third-order valence-electron chi connectivity index (χ3n) is 5.49. The number of hydrogen-bond acceptors (Lipinski definition) is 3. The van der Waals surface area contributed by atoms with Gasteiger partial charge in [-0.25, -0.2) is 0 Å². The molecule has 0 aliphatic carbocycles. The number of hydrogen-bond donors (Lipinski definition) is 0. The Balaban J connectivity index is 0.00000156. The number of rotatable bonds is 3. The van der Waals surface area contributed by atoms with Gasteiger partial charge in [0.1, 0.15) is 0 Å². The van der Waals surface area contributed by atoms with Crippen molar-refractivity contribution in [2.45, 2.75) is 25.0 Å². The Labute approximate surface area is 149 Å². The number of para-hydroxylation sites is 1. The molecule has 114 valence electrons. The summed E-state index contributed by atoms with van der Waals surface area (Å²) in [6.07, 6.45) is 5.36. The molecule has 1 aromatic carbocycles. The van der Waals surface area contributed by atoms with E-state index < -0.39 is 6.10 Å². The van der Waals surface area contributed by atoms with Crippen molar-refractivity contribution in [3.05, 3.63) is 54.7 Å². The summed E-state index contributed by atoms with van der Waals surface area (Å²) in [7, 11) is 0. The first-order valence-electron chi connectivity index (χ1n) is 8.14. The first-order valence-corrected chi connectivity index (χ1v) is 8.14. The van der Waals surface area contributed by atoms with Crippen molar-refractivity contribution >= 4 is 10.9 Å². The van der Waals surface area contributed by atoms with Gasteiger partial charge in [0.25, 0.3) is 0 Å². The second-order valence-electron chi connectivity index (χ2n) is 6.58. The molecule has 5 atom stereocenters. The molecule has 3 fully saturated rings. The van der Waals surface area contributed by atoms with Crippen LogP contribution in [-0.4, -0.2) is 29.0 Å². The van der Waals surface area contributed by atoms with Crippen molar-refractivity contribution in [2.24, 2.45) is 11.8 Å². The van der Waals surface area contributed by atoms with Crippen LogP contribution < -0.4 is 24.0 Å². The van der Waals surface area contributed by atoms with Crippen LogP contribution >= 0.6 is 0 Å². The van der Waals surface area contributed by atoms with E-state index in [0.717, 1.165) is 36.0 Å². The van der Waals surface area contributed by atoms with E-state index in [0.29, 0.717) is 11.8 Å². The zero-order valence-corrected chi connectivity index (χ0v) is 13.7. The summed E-state index contributed by atoms with van der Waals surface area (Å²) in [6, 6.07) is 9.98. The Morgan fingerprint density at radius 3 is 2.87 bits per heavy atom. The monoisotopic (exact) mass is 300 g/mol. The Morgan fingerprint density at radius 2 is 2.13 bits per heavy atom. The molecule has 2 aromatic rings. The summed E-state index contributed by atoms with van der Waals surface area (Å²) in [5.74, 6) is 1.20. The molecule has 3 aliphatic rings. The van der Waals surface area contributed by atoms with Crippen LogP contribution in [0.2, 0.25) is 0 Å². The van der Waals surface area contributed by atoms with Crippen LogP contribution in [-0.2, 0) is 0 Å². The summed E-state index contributed by atoms with van der Waals surface area (Å²) in [5, 5.41) is 14.2. The van der Waals surface area contributed by atoms with Crippen molar-refractivity contribution in [1.82, 2.24) is 9.88 Å². The Bertz CT molecular complexity index is 699. The number of piperidine rings is 3. The first-order chi connectivity index (χ1) is 10.8. The van der Waals surface area contributed by atoms with Gasteiger partial charge in [-0.1, -0.05) is 30.4 Å². The number of aromatic nitrogens is 1. The summed E-state index contributed by atoms with van der Waals surface area (Å²) in [6.45, 7) is 6.02. The van der Waals surface area contributed by atoms with Gasteiger partial charge in [0, 0.05) is 24.2 Å².